The van der Waals surface area contributed by atoms with Crippen LogP contribution in [0.3, 0.4) is 0 Å². The normalized spacial score (nSPS) is 47.1. The molecule has 9 heteroatoms. The summed E-state index contributed by atoms with van der Waals surface area (Å²) in [7, 11) is -10.2. The summed E-state index contributed by atoms with van der Waals surface area (Å²) in [5.41, 5.74) is 8.39. The van der Waals surface area contributed by atoms with Crippen LogP contribution in [0.15, 0.2) is 72.9 Å². The lowest BCUT2D eigenvalue weighted by molar-refractivity contribution is -0.0171. The second kappa shape index (κ2) is 7.88. The van der Waals surface area contributed by atoms with Gasteiger partial charge in [0.15, 0.2) is 0 Å². The molecule has 0 amide bonds. The van der Waals surface area contributed by atoms with E-state index < -0.39 is 20.8 Å². The van der Waals surface area contributed by atoms with Crippen molar-refractivity contribution in [2.45, 2.75) is 25.7 Å². The van der Waals surface area contributed by atoms with Crippen molar-refractivity contribution in [1.29, 1.82) is 0 Å². The molecule has 37 heavy (non-hydrogen) atoms. The highest BCUT2D eigenvalue weighted by Gasteiger charge is 2.72. The molecule has 7 aliphatic rings. The van der Waals surface area contributed by atoms with E-state index in [9.17, 15) is 16.8 Å². The highest BCUT2D eigenvalue weighted by Crippen LogP contribution is 2.78. The molecule has 7 aliphatic carbocycles. The highest BCUT2D eigenvalue weighted by atomic mass is 32.3. The second-order valence-corrected chi connectivity index (χ2v) is 14.5. The predicted octanol–water partition coefficient (Wildman–Crippen LogP) is 4.98. The molecular weight excluding hydrogens is 512 g/mol. The van der Waals surface area contributed by atoms with Crippen molar-refractivity contribution in [2.75, 3.05) is 0 Å². The molecule has 10 unspecified atom stereocenters. The van der Waals surface area contributed by atoms with Crippen LogP contribution in [-0.4, -0.2) is 25.9 Å². The maximum Gasteiger partial charge on any atom is 0.413 e. The number of hydrogen-bond acceptors (Lipinski definition) is 5. The quantitative estimate of drug-likeness (QED) is 0.469. The maximum absolute atomic E-state index is 9.44. The van der Waals surface area contributed by atoms with Gasteiger partial charge in [-0.2, -0.15) is 16.8 Å². The summed E-state index contributed by atoms with van der Waals surface area (Å²) in [4.78, 5) is 0. The van der Waals surface area contributed by atoms with Crippen LogP contribution in [0.2, 0.25) is 0 Å². The third-order valence-corrected chi connectivity index (χ3v) is 12.7. The van der Waals surface area contributed by atoms with Crippen molar-refractivity contribution in [2.24, 2.45) is 71.0 Å². The molecule has 200 valence electrons. The van der Waals surface area contributed by atoms with Crippen LogP contribution in [-0.2, 0) is 24.4 Å². The van der Waals surface area contributed by atoms with Gasteiger partial charge < -0.3 is 0 Å². The zero-order chi connectivity index (χ0) is 26.9. The molecule has 7 fully saturated rings. The third-order valence-electron chi connectivity index (χ3n) is 11.4. The predicted molar refractivity (Wildman–Crippen MR) is 139 cm³/mol. The minimum Gasteiger partial charge on any atom is -0.263 e. The fourth-order valence-corrected chi connectivity index (χ4v) is 11.4. The number of hydrogen-bond donors (Lipinski definition) is 2. The molecule has 0 heterocycles. The van der Waals surface area contributed by atoms with Crippen molar-refractivity contribution < 1.29 is 29.6 Å². The molecule has 7 saturated carbocycles. The average molecular weight is 547 g/mol. The van der Waals surface area contributed by atoms with Crippen LogP contribution in [0.1, 0.15) is 25.7 Å². The molecular formula is C28H34O7S2. The summed E-state index contributed by atoms with van der Waals surface area (Å²) in [5.74, 6) is 8.84. The van der Waals surface area contributed by atoms with E-state index in [-0.39, 0.29) is 0 Å². The molecule has 10 atom stereocenters. The first kappa shape index (κ1) is 25.5. The van der Waals surface area contributed by atoms with Gasteiger partial charge in [-0.3, -0.25) is 9.11 Å². The Morgan fingerprint density at radius 3 is 1.05 bits per heavy atom. The first-order valence-corrected chi connectivity index (χ1v) is 15.6. The van der Waals surface area contributed by atoms with E-state index >= 15 is 0 Å². The van der Waals surface area contributed by atoms with E-state index in [1.165, 1.54) is 59.1 Å². The minimum absolute atomic E-state index is 0.632. The summed E-state index contributed by atoms with van der Waals surface area (Å²) in [6.45, 7) is 27.7. The van der Waals surface area contributed by atoms with E-state index in [2.05, 4.69) is 43.1 Å². The van der Waals surface area contributed by atoms with Gasteiger partial charge in [-0.15, -0.1) is 3.63 Å². The Bertz CT molecular complexity index is 1300. The van der Waals surface area contributed by atoms with Crippen LogP contribution >= 0.6 is 0 Å². The Hall–Kier alpha value is -1.78. The van der Waals surface area contributed by atoms with Crippen molar-refractivity contribution in [3.8, 4) is 0 Å². The third kappa shape index (κ3) is 3.47. The van der Waals surface area contributed by atoms with Crippen LogP contribution < -0.4 is 0 Å². The van der Waals surface area contributed by atoms with Gasteiger partial charge in [0.1, 0.15) is 0 Å². The number of allylic oxidation sites excluding steroid dienone is 6. The molecule has 7 rings (SSSR count). The molecule has 7 nitrogen and oxygen atoms in total. The van der Waals surface area contributed by atoms with Gasteiger partial charge in [-0.1, -0.05) is 39.5 Å². The molecule has 0 bridgehead atoms. The average Bonchev–Trinajstić information content (AvgIpc) is 3.26. The van der Waals surface area contributed by atoms with Gasteiger partial charge in [-0.25, -0.2) is 0 Å². The van der Waals surface area contributed by atoms with Gasteiger partial charge in [0.2, 0.25) is 0 Å². The molecule has 0 aromatic rings. The molecule has 0 saturated heterocycles. The van der Waals surface area contributed by atoms with Crippen LogP contribution in [0.4, 0.5) is 0 Å². The van der Waals surface area contributed by atoms with E-state index in [4.69, 9.17) is 9.11 Å². The van der Waals surface area contributed by atoms with Crippen LogP contribution in [0.5, 0.6) is 0 Å². The van der Waals surface area contributed by atoms with Gasteiger partial charge in [0, 0.05) is 0 Å². The molecule has 0 aliphatic heterocycles. The lowest BCUT2D eigenvalue weighted by atomic mass is 9.49. The molecule has 0 spiro atoms. The molecule has 0 radical (unpaired) electrons. The summed E-state index contributed by atoms with van der Waals surface area (Å²) in [6, 6.07) is 0. The number of rotatable bonds is 2. The maximum atomic E-state index is 9.44. The van der Waals surface area contributed by atoms with Crippen molar-refractivity contribution in [3.63, 3.8) is 0 Å². The van der Waals surface area contributed by atoms with Gasteiger partial charge in [0.05, 0.1) is 0 Å². The molecule has 0 aromatic heterocycles. The van der Waals surface area contributed by atoms with Crippen LogP contribution in [0, 0.1) is 71.0 Å². The summed E-state index contributed by atoms with van der Waals surface area (Å²) < 4.78 is 55.6. The Morgan fingerprint density at radius 1 is 0.486 bits per heavy atom. The zero-order valence-corrected chi connectivity index (χ0v) is 22.4. The monoisotopic (exact) mass is 546 g/mol. The van der Waals surface area contributed by atoms with E-state index in [0.29, 0.717) is 35.5 Å². The first-order valence-electron chi connectivity index (χ1n) is 12.9. The minimum atomic E-state index is -5.12. The molecule has 0 aromatic carbocycles. The zero-order valence-electron chi connectivity index (χ0n) is 20.8. The first-order chi connectivity index (χ1) is 17.1. The summed E-state index contributed by atoms with van der Waals surface area (Å²) >= 11 is 0. The standard InChI is InChI=1S/C28H32.H2O7S2/c1-11-13(3)21-9-19-15(5)16(6)20-10-22-14(4)12(2)18-8-7-17(11)24-25(18)27(22)28(23(19)20)26(21)24;1-8(2,3)7-9(4,5)6/h17-28H,1-10H2;(H,1,2,3)(H,4,5,6). The lowest BCUT2D eigenvalue weighted by Crippen LogP contribution is -2.49. The fraction of sp³-hybridized carbons (Fsp3) is 0.571. The largest absolute Gasteiger partial charge is 0.413 e. The van der Waals surface area contributed by atoms with Crippen LogP contribution in [0.25, 0.3) is 0 Å². The topological polar surface area (TPSA) is 118 Å². The van der Waals surface area contributed by atoms with Crippen molar-refractivity contribution >= 4 is 20.8 Å². The van der Waals surface area contributed by atoms with Crippen molar-refractivity contribution in [3.05, 3.63) is 72.9 Å². The van der Waals surface area contributed by atoms with E-state index in [0.717, 1.165) is 35.5 Å². The van der Waals surface area contributed by atoms with Crippen molar-refractivity contribution in [1.82, 2.24) is 0 Å². The smallest absolute Gasteiger partial charge is 0.263 e. The second-order valence-electron chi connectivity index (χ2n) is 12.2. The lowest BCUT2D eigenvalue weighted by Gasteiger charge is -2.54. The Kier molecular flexibility index (Phi) is 5.43. The Morgan fingerprint density at radius 2 is 0.757 bits per heavy atom. The SMILES string of the molecule is C=C1C(=C)C2CC3C(=C)C(=C)C4CCC5C(=C)C(=C)C6CC1C2C1C6C5C4C31.O=S(=O)(O)OS(=O)(=O)O. The summed E-state index contributed by atoms with van der Waals surface area (Å²) in [5, 5.41) is 0. The van der Waals surface area contributed by atoms with Gasteiger partial charge >= 0.3 is 20.8 Å². The highest BCUT2D eigenvalue weighted by molar-refractivity contribution is 7.94. The van der Waals surface area contributed by atoms with Gasteiger partial charge in [-0.05, 0) is 130 Å². The summed E-state index contributed by atoms with van der Waals surface area (Å²) in [6.07, 6.45) is 5.11. The fourth-order valence-electron chi connectivity index (χ4n) is 10.5. The van der Waals surface area contributed by atoms with E-state index in [1.807, 2.05) is 0 Å². The molecule has 2 N–H and O–H groups in total. The Labute approximate surface area is 219 Å². The Balaban J connectivity index is 0.000000244. The van der Waals surface area contributed by atoms with Gasteiger partial charge in [0.25, 0.3) is 0 Å². The van der Waals surface area contributed by atoms with E-state index in [1.54, 1.807) is 0 Å².